The van der Waals surface area contributed by atoms with Crippen LogP contribution in [-0.2, 0) is 10.0 Å². The van der Waals surface area contributed by atoms with E-state index in [4.69, 9.17) is 0 Å². The van der Waals surface area contributed by atoms with Crippen LogP contribution < -0.4 is 9.56 Å². The van der Waals surface area contributed by atoms with E-state index in [0.29, 0.717) is 21.6 Å². The number of sulfonamides is 1. The van der Waals surface area contributed by atoms with Crippen molar-refractivity contribution in [2.24, 2.45) is 5.10 Å². The summed E-state index contributed by atoms with van der Waals surface area (Å²) in [5, 5.41) is 15.7. The fourth-order valence-electron chi connectivity index (χ4n) is 2.36. The number of hydrogen-bond donors (Lipinski definition) is 1. The fourth-order valence-corrected chi connectivity index (χ4v) is 3.17. The second-order valence-corrected chi connectivity index (χ2v) is 7.35. The topological polar surface area (TPSA) is 85.5 Å². The van der Waals surface area contributed by atoms with Crippen molar-refractivity contribution in [1.29, 1.82) is 0 Å². The van der Waals surface area contributed by atoms with Gasteiger partial charge in [-0.05, 0) is 25.1 Å². The van der Waals surface area contributed by atoms with Crippen molar-refractivity contribution < 1.29 is 13.1 Å². The first kappa shape index (κ1) is 17.6. The number of nitrogens with one attached hydrogen (secondary N) is 1. The van der Waals surface area contributed by atoms with Crippen molar-refractivity contribution in [1.82, 2.24) is 4.83 Å². The maximum absolute atomic E-state index is 12.5. The molecule has 0 spiro atoms. The summed E-state index contributed by atoms with van der Waals surface area (Å²) < 4.78 is 25.6. The first-order chi connectivity index (χ1) is 12.5. The number of benzene rings is 2. The van der Waals surface area contributed by atoms with E-state index in [9.17, 15) is 13.6 Å². The Morgan fingerprint density at radius 3 is 2.27 bits per heavy atom. The third kappa shape index (κ3) is 4.07. The lowest BCUT2D eigenvalue weighted by Crippen LogP contribution is -2.27. The first-order valence-corrected chi connectivity index (χ1v) is 9.35. The van der Waals surface area contributed by atoms with Crippen molar-refractivity contribution in [2.45, 2.75) is 11.8 Å². The average Bonchev–Trinajstić information content (AvgIpc) is 2.63. The molecule has 6 nitrogen and oxygen atoms in total. The summed E-state index contributed by atoms with van der Waals surface area (Å²) in [4.78, 5) is 2.38. The van der Waals surface area contributed by atoms with Crippen LogP contribution in [0.15, 0.2) is 89.1 Å². The number of pyridine rings is 1. The standard InChI is InChI=1S/C19H17N3O3S/c1-15-9-11-18(12-10-15)26(24,25)21-20-19(16-6-3-2-4-7-16)17-8-5-13-22(23)14-17/h2-14,21H,1H3/b20-19-. The molecule has 1 heterocycles. The molecule has 0 aliphatic heterocycles. The summed E-state index contributed by atoms with van der Waals surface area (Å²) in [6.45, 7) is 1.88. The highest BCUT2D eigenvalue weighted by molar-refractivity contribution is 7.89. The molecule has 2 aromatic carbocycles. The molecule has 0 unspecified atom stereocenters. The van der Waals surface area contributed by atoms with Crippen molar-refractivity contribution in [3.05, 3.63) is 101 Å². The number of rotatable bonds is 5. The molecular formula is C19H17N3O3S. The van der Waals surface area contributed by atoms with Crippen LogP contribution >= 0.6 is 0 Å². The normalized spacial score (nSPS) is 12.0. The number of aryl methyl sites for hydroxylation is 1. The smallest absolute Gasteiger partial charge is 0.276 e. The zero-order valence-corrected chi connectivity index (χ0v) is 14.8. The third-order valence-corrected chi connectivity index (χ3v) is 4.93. The number of hydrazone groups is 1. The minimum Gasteiger partial charge on any atom is -0.619 e. The van der Waals surface area contributed by atoms with Gasteiger partial charge in [0.1, 0.15) is 5.71 Å². The van der Waals surface area contributed by atoms with Crippen LogP contribution in [0.25, 0.3) is 0 Å². The van der Waals surface area contributed by atoms with E-state index in [-0.39, 0.29) is 4.90 Å². The van der Waals surface area contributed by atoms with Gasteiger partial charge in [0.05, 0.1) is 10.5 Å². The summed E-state index contributed by atoms with van der Waals surface area (Å²) >= 11 is 0. The Kier molecular flexibility index (Phi) is 4.99. The molecule has 26 heavy (non-hydrogen) atoms. The van der Waals surface area contributed by atoms with Crippen molar-refractivity contribution in [2.75, 3.05) is 0 Å². The van der Waals surface area contributed by atoms with E-state index in [2.05, 4.69) is 9.93 Å². The van der Waals surface area contributed by atoms with Gasteiger partial charge in [0, 0.05) is 11.6 Å². The molecule has 0 amide bonds. The Morgan fingerprint density at radius 1 is 0.962 bits per heavy atom. The van der Waals surface area contributed by atoms with E-state index in [0.717, 1.165) is 5.56 Å². The Balaban J connectivity index is 2.00. The molecule has 0 fully saturated rings. The van der Waals surface area contributed by atoms with Crippen LogP contribution in [0, 0.1) is 12.1 Å². The molecule has 0 radical (unpaired) electrons. The molecule has 0 saturated carbocycles. The SMILES string of the molecule is Cc1ccc(S(=O)(=O)N/N=C(/c2ccccc2)c2ccc[n+]([O-])c2)cc1. The van der Waals surface area contributed by atoms with Crippen LogP contribution in [0.2, 0.25) is 0 Å². The van der Waals surface area contributed by atoms with Gasteiger partial charge in [-0.3, -0.25) is 0 Å². The monoisotopic (exact) mass is 367 g/mol. The summed E-state index contributed by atoms with van der Waals surface area (Å²) in [7, 11) is -3.82. The van der Waals surface area contributed by atoms with E-state index >= 15 is 0 Å². The number of hydrogen-bond acceptors (Lipinski definition) is 4. The first-order valence-electron chi connectivity index (χ1n) is 7.86. The number of aromatic nitrogens is 1. The van der Waals surface area contributed by atoms with E-state index < -0.39 is 10.0 Å². The maximum atomic E-state index is 12.5. The molecule has 0 aliphatic carbocycles. The molecule has 3 aromatic rings. The van der Waals surface area contributed by atoms with Crippen LogP contribution in [0.3, 0.4) is 0 Å². The summed E-state index contributed by atoms with van der Waals surface area (Å²) in [6, 6.07) is 18.8. The second kappa shape index (κ2) is 7.37. The zero-order valence-electron chi connectivity index (χ0n) is 14.0. The van der Waals surface area contributed by atoms with Crippen molar-refractivity contribution >= 4 is 15.7 Å². The Hall–Kier alpha value is -3.19. The highest BCUT2D eigenvalue weighted by atomic mass is 32.2. The summed E-state index contributed by atoms with van der Waals surface area (Å²) in [5.41, 5.74) is 2.50. The summed E-state index contributed by atoms with van der Waals surface area (Å²) in [5.74, 6) is 0. The van der Waals surface area contributed by atoms with Crippen LogP contribution in [0.4, 0.5) is 0 Å². The molecule has 0 atom stereocenters. The van der Waals surface area contributed by atoms with Crippen molar-refractivity contribution in [3.8, 4) is 0 Å². The van der Waals surface area contributed by atoms with E-state index in [1.165, 1.54) is 24.5 Å². The molecule has 132 valence electrons. The van der Waals surface area contributed by atoms with Crippen LogP contribution in [-0.4, -0.2) is 14.1 Å². The van der Waals surface area contributed by atoms with Gasteiger partial charge in [0.25, 0.3) is 10.0 Å². The lowest BCUT2D eigenvalue weighted by molar-refractivity contribution is -0.605. The van der Waals surface area contributed by atoms with E-state index in [1.54, 1.807) is 36.4 Å². The quantitative estimate of drug-likeness (QED) is 0.325. The Labute approximate surface area is 152 Å². The van der Waals surface area contributed by atoms with Gasteiger partial charge in [-0.15, -0.1) is 0 Å². The zero-order chi connectivity index (χ0) is 18.6. The van der Waals surface area contributed by atoms with Crippen LogP contribution in [0.1, 0.15) is 16.7 Å². The van der Waals surface area contributed by atoms with Crippen LogP contribution in [0.5, 0.6) is 0 Å². The van der Waals surface area contributed by atoms with E-state index in [1.807, 2.05) is 25.1 Å². The predicted octanol–water partition coefficient (Wildman–Crippen LogP) is 2.36. The minimum atomic E-state index is -3.82. The van der Waals surface area contributed by atoms with Gasteiger partial charge < -0.3 is 5.21 Å². The fraction of sp³-hybridized carbons (Fsp3) is 0.0526. The highest BCUT2D eigenvalue weighted by Gasteiger charge is 2.15. The van der Waals surface area contributed by atoms with Gasteiger partial charge in [0.2, 0.25) is 0 Å². The largest absolute Gasteiger partial charge is 0.619 e. The van der Waals surface area contributed by atoms with Gasteiger partial charge >= 0.3 is 0 Å². The molecule has 0 aliphatic rings. The average molecular weight is 367 g/mol. The lowest BCUT2D eigenvalue weighted by atomic mass is 10.0. The molecule has 0 saturated heterocycles. The second-order valence-electron chi connectivity index (χ2n) is 5.69. The Bertz CT molecular complexity index is 1030. The third-order valence-electron chi connectivity index (χ3n) is 3.70. The van der Waals surface area contributed by atoms with Gasteiger partial charge in [-0.2, -0.15) is 23.1 Å². The maximum Gasteiger partial charge on any atom is 0.276 e. The highest BCUT2D eigenvalue weighted by Crippen LogP contribution is 2.12. The van der Waals surface area contributed by atoms with Gasteiger partial charge in [-0.1, -0.05) is 48.0 Å². The van der Waals surface area contributed by atoms with Crippen molar-refractivity contribution in [3.63, 3.8) is 0 Å². The molecule has 0 bridgehead atoms. The molecule has 1 aromatic heterocycles. The Morgan fingerprint density at radius 2 is 1.62 bits per heavy atom. The molecule has 3 rings (SSSR count). The van der Waals surface area contributed by atoms with Gasteiger partial charge in [0.15, 0.2) is 12.4 Å². The van der Waals surface area contributed by atoms with Gasteiger partial charge in [-0.25, -0.2) is 0 Å². The minimum absolute atomic E-state index is 0.117. The molecular weight excluding hydrogens is 350 g/mol. The predicted molar refractivity (Wildman–Crippen MR) is 99.0 cm³/mol. The number of nitrogens with zero attached hydrogens (tertiary/aromatic N) is 2. The summed E-state index contributed by atoms with van der Waals surface area (Å²) in [6.07, 6.45) is 2.69. The molecule has 7 heteroatoms. The lowest BCUT2D eigenvalue weighted by Gasteiger charge is -2.09. The molecule has 1 N–H and O–H groups in total.